The molecule has 0 atom stereocenters. The first-order valence-electron chi connectivity index (χ1n) is 8.90. The molecule has 0 saturated heterocycles. The molecule has 3 nitrogen and oxygen atoms in total. The van der Waals surface area contributed by atoms with E-state index < -0.39 is 11.7 Å². The minimum absolute atomic E-state index is 0.0513. The quantitative estimate of drug-likeness (QED) is 0.549. The van der Waals surface area contributed by atoms with E-state index in [2.05, 4.69) is 50.9 Å². The molecule has 0 N–H and O–H groups in total. The summed E-state index contributed by atoms with van der Waals surface area (Å²) in [6.45, 7) is 11.0. The molecule has 0 unspecified atom stereocenters. The first-order valence-corrected chi connectivity index (χ1v) is 8.90. The Balaban J connectivity index is 2.00. The molecule has 0 fully saturated rings. The highest BCUT2D eigenvalue weighted by Crippen LogP contribution is 2.37. The Bertz CT molecular complexity index is 963. The Hall–Kier alpha value is -2.37. The standard InChI is InChI=1S/C21H24F3N3/c1-19(2,3)13-20(4,5)14-7-6-8-16(11-14)27-25-17-10-9-15(21(22,23)24)12-18(17)26-27/h6-12H,13H2,1-5H3. The molecule has 0 bridgehead atoms. The number of hydrogen-bond donors (Lipinski definition) is 0. The summed E-state index contributed by atoms with van der Waals surface area (Å²) >= 11 is 0. The summed E-state index contributed by atoms with van der Waals surface area (Å²) in [5, 5.41) is 8.60. The molecule has 0 saturated carbocycles. The van der Waals surface area contributed by atoms with Gasteiger partial charge in [0, 0.05) is 0 Å². The van der Waals surface area contributed by atoms with Crippen molar-refractivity contribution in [1.82, 2.24) is 15.0 Å². The van der Waals surface area contributed by atoms with Gasteiger partial charge in [-0.25, -0.2) is 0 Å². The summed E-state index contributed by atoms with van der Waals surface area (Å²) in [6, 6.07) is 11.3. The number of alkyl halides is 3. The van der Waals surface area contributed by atoms with Gasteiger partial charge in [0.25, 0.3) is 0 Å². The fraction of sp³-hybridized carbons (Fsp3) is 0.429. The van der Waals surface area contributed by atoms with Gasteiger partial charge < -0.3 is 0 Å². The molecule has 0 amide bonds. The maximum Gasteiger partial charge on any atom is 0.416 e. The highest BCUT2D eigenvalue weighted by molar-refractivity contribution is 5.75. The minimum Gasteiger partial charge on any atom is -0.166 e. The van der Waals surface area contributed by atoms with Crippen molar-refractivity contribution in [2.45, 2.75) is 52.6 Å². The average molecular weight is 375 g/mol. The van der Waals surface area contributed by atoms with E-state index in [1.165, 1.54) is 10.9 Å². The van der Waals surface area contributed by atoms with Gasteiger partial charge in [0.2, 0.25) is 0 Å². The van der Waals surface area contributed by atoms with Crippen molar-refractivity contribution in [3.05, 3.63) is 53.6 Å². The Labute approximate surface area is 157 Å². The maximum atomic E-state index is 12.9. The lowest BCUT2D eigenvalue weighted by atomic mass is 9.72. The van der Waals surface area contributed by atoms with E-state index >= 15 is 0 Å². The van der Waals surface area contributed by atoms with Crippen LogP contribution in [0.15, 0.2) is 42.5 Å². The molecule has 27 heavy (non-hydrogen) atoms. The highest BCUT2D eigenvalue weighted by Gasteiger charge is 2.31. The molecule has 3 rings (SSSR count). The van der Waals surface area contributed by atoms with Crippen LogP contribution in [0.4, 0.5) is 13.2 Å². The predicted molar refractivity (Wildman–Crippen MR) is 101 cm³/mol. The highest BCUT2D eigenvalue weighted by atomic mass is 19.4. The normalized spacial score (nSPS) is 13.3. The Morgan fingerprint density at radius 3 is 2.11 bits per heavy atom. The summed E-state index contributed by atoms with van der Waals surface area (Å²) in [6.07, 6.45) is -3.40. The first-order chi connectivity index (χ1) is 12.4. The zero-order valence-electron chi connectivity index (χ0n) is 16.2. The van der Waals surface area contributed by atoms with E-state index in [-0.39, 0.29) is 16.3 Å². The Morgan fingerprint density at radius 1 is 0.815 bits per heavy atom. The van der Waals surface area contributed by atoms with Crippen LogP contribution in [-0.2, 0) is 11.6 Å². The summed E-state index contributed by atoms with van der Waals surface area (Å²) in [7, 11) is 0. The smallest absolute Gasteiger partial charge is 0.166 e. The number of rotatable bonds is 3. The van der Waals surface area contributed by atoms with Crippen molar-refractivity contribution in [3.8, 4) is 5.69 Å². The van der Waals surface area contributed by atoms with Crippen LogP contribution in [0, 0.1) is 5.41 Å². The molecule has 1 aromatic heterocycles. The summed E-state index contributed by atoms with van der Waals surface area (Å²) in [4.78, 5) is 1.40. The van der Waals surface area contributed by atoms with Gasteiger partial charge in [-0.2, -0.15) is 18.0 Å². The number of aromatic nitrogens is 3. The van der Waals surface area contributed by atoms with Crippen molar-refractivity contribution in [2.75, 3.05) is 0 Å². The second-order valence-electron chi connectivity index (χ2n) is 8.86. The third kappa shape index (κ3) is 4.31. The van der Waals surface area contributed by atoms with Crippen molar-refractivity contribution >= 4 is 11.0 Å². The second-order valence-corrected chi connectivity index (χ2v) is 8.86. The number of halogens is 3. The van der Waals surface area contributed by atoms with E-state index in [0.29, 0.717) is 5.52 Å². The van der Waals surface area contributed by atoms with Gasteiger partial charge in [-0.1, -0.05) is 46.8 Å². The van der Waals surface area contributed by atoms with Crippen molar-refractivity contribution in [2.24, 2.45) is 5.41 Å². The molecule has 0 radical (unpaired) electrons. The first kappa shape index (κ1) is 19.4. The van der Waals surface area contributed by atoms with Crippen LogP contribution >= 0.6 is 0 Å². The third-order valence-electron chi connectivity index (χ3n) is 4.54. The van der Waals surface area contributed by atoms with E-state index in [9.17, 15) is 13.2 Å². The molecule has 0 aliphatic heterocycles. The van der Waals surface area contributed by atoms with Gasteiger partial charge >= 0.3 is 6.18 Å². The van der Waals surface area contributed by atoms with Crippen LogP contribution in [0.25, 0.3) is 16.7 Å². The molecule has 6 heteroatoms. The van der Waals surface area contributed by atoms with E-state index in [4.69, 9.17) is 0 Å². The molecule has 0 spiro atoms. The lowest BCUT2D eigenvalue weighted by Crippen LogP contribution is -2.25. The number of fused-ring (bicyclic) bond motifs is 1. The van der Waals surface area contributed by atoms with Crippen molar-refractivity contribution in [1.29, 1.82) is 0 Å². The van der Waals surface area contributed by atoms with Crippen LogP contribution < -0.4 is 0 Å². The molecule has 0 aliphatic carbocycles. The topological polar surface area (TPSA) is 30.7 Å². The zero-order chi connectivity index (χ0) is 20.0. The van der Waals surface area contributed by atoms with Crippen molar-refractivity contribution in [3.63, 3.8) is 0 Å². The predicted octanol–water partition coefficient (Wildman–Crippen LogP) is 6.15. The third-order valence-corrected chi connectivity index (χ3v) is 4.54. The van der Waals surface area contributed by atoms with Gasteiger partial charge in [-0.3, -0.25) is 0 Å². The molecular formula is C21H24F3N3. The van der Waals surface area contributed by atoms with Crippen LogP contribution in [0.2, 0.25) is 0 Å². The summed E-state index contributed by atoms with van der Waals surface area (Å²) in [5.41, 5.74) is 1.94. The summed E-state index contributed by atoms with van der Waals surface area (Å²) in [5.74, 6) is 0. The maximum absolute atomic E-state index is 12.9. The molecule has 1 heterocycles. The molecule has 2 aromatic carbocycles. The van der Waals surface area contributed by atoms with Gasteiger partial charge in [0.1, 0.15) is 11.0 Å². The van der Waals surface area contributed by atoms with Gasteiger partial charge in [-0.05, 0) is 53.1 Å². The Morgan fingerprint density at radius 2 is 1.48 bits per heavy atom. The van der Waals surface area contributed by atoms with Crippen molar-refractivity contribution < 1.29 is 13.2 Å². The Kier molecular flexibility index (Phi) is 4.57. The van der Waals surface area contributed by atoms with Gasteiger partial charge in [0.15, 0.2) is 0 Å². The SMILES string of the molecule is CC(C)(C)CC(C)(C)c1cccc(-n2nc3ccc(C(F)(F)F)cc3n2)c1. The van der Waals surface area contributed by atoms with E-state index in [0.717, 1.165) is 29.8 Å². The fourth-order valence-electron chi connectivity index (χ4n) is 3.69. The van der Waals surface area contributed by atoms with Crippen LogP contribution in [0.5, 0.6) is 0 Å². The van der Waals surface area contributed by atoms with E-state index in [1.54, 1.807) is 0 Å². The molecular weight excluding hydrogens is 351 g/mol. The van der Waals surface area contributed by atoms with E-state index in [1.807, 2.05) is 18.2 Å². The second kappa shape index (κ2) is 6.36. The van der Waals surface area contributed by atoms with Crippen LogP contribution in [0.1, 0.15) is 52.2 Å². The number of nitrogens with zero attached hydrogens (tertiary/aromatic N) is 3. The average Bonchev–Trinajstić information content (AvgIpc) is 2.95. The van der Waals surface area contributed by atoms with Crippen LogP contribution in [0.3, 0.4) is 0 Å². The van der Waals surface area contributed by atoms with Crippen LogP contribution in [-0.4, -0.2) is 15.0 Å². The molecule has 3 aromatic rings. The largest absolute Gasteiger partial charge is 0.416 e. The number of hydrogen-bond acceptors (Lipinski definition) is 2. The summed E-state index contributed by atoms with van der Waals surface area (Å²) < 4.78 is 38.7. The lowest BCUT2D eigenvalue weighted by molar-refractivity contribution is -0.137. The molecule has 0 aliphatic rings. The van der Waals surface area contributed by atoms with Gasteiger partial charge in [0.05, 0.1) is 11.3 Å². The zero-order valence-corrected chi connectivity index (χ0v) is 16.2. The lowest BCUT2D eigenvalue weighted by Gasteiger charge is -2.33. The monoisotopic (exact) mass is 375 g/mol. The minimum atomic E-state index is -4.39. The van der Waals surface area contributed by atoms with Gasteiger partial charge in [-0.15, -0.1) is 10.2 Å². The fourth-order valence-corrected chi connectivity index (χ4v) is 3.69. The molecule has 144 valence electrons. The number of benzene rings is 2.